The topological polar surface area (TPSA) is 72.6 Å². The number of primary sulfonamides is 1. The summed E-state index contributed by atoms with van der Waals surface area (Å²) in [7, 11) is -1.53. The molecule has 2 N–H and O–H groups in total. The van der Waals surface area contributed by atoms with Gasteiger partial charge in [-0.2, -0.15) is 0 Å². The predicted octanol–water partition coefficient (Wildman–Crippen LogP) is 2.35. The van der Waals surface area contributed by atoms with E-state index in [1.54, 1.807) is 12.1 Å². The zero-order chi connectivity index (χ0) is 16.4. The fourth-order valence-electron chi connectivity index (χ4n) is 3.13. The number of sulfonamides is 1. The molecule has 0 aromatic heterocycles. The van der Waals surface area contributed by atoms with Gasteiger partial charge in [0.05, 0.1) is 11.5 Å². The second-order valence-electron chi connectivity index (χ2n) is 6.13. The van der Waals surface area contributed by atoms with Gasteiger partial charge in [0.25, 0.3) is 0 Å². The van der Waals surface area contributed by atoms with E-state index >= 15 is 0 Å². The molecule has 3 rings (SSSR count). The summed E-state index contributed by atoms with van der Waals surface area (Å²) in [6, 6.07) is 11.2. The van der Waals surface area contributed by atoms with Gasteiger partial charge in [-0.1, -0.05) is 12.1 Å². The van der Waals surface area contributed by atoms with Crippen LogP contribution in [-0.4, -0.2) is 39.6 Å². The summed E-state index contributed by atoms with van der Waals surface area (Å²) < 4.78 is 28.7. The maximum absolute atomic E-state index is 11.5. The zero-order valence-electron chi connectivity index (χ0n) is 13.2. The lowest BCUT2D eigenvalue weighted by molar-refractivity contribution is 0.233. The third-order valence-corrected chi connectivity index (χ3v) is 5.41. The van der Waals surface area contributed by atoms with Crippen molar-refractivity contribution in [2.45, 2.75) is 30.2 Å². The average molecular weight is 334 g/mol. The van der Waals surface area contributed by atoms with Crippen LogP contribution in [0.1, 0.15) is 19.3 Å². The Balaban J connectivity index is 1.71. The number of ether oxygens (including phenoxy) is 1. The van der Waals surface area contributed by atoms with Crippen LogP contribution >= 0.6 is 0 Å². The summed E-state index contributed by atoms with van der Waals surface area (Å²) in [5, 5.41) is 6.96. The summed E-state index contributed by atoms with van der Waals surface area (Å²) >= 11 is 0. The largest absolute Gasteiger partial charge is 0.494 e. The molecule has 2 aromatic rings. The van der Waals surface area contributed by atoms with E-state index in [4.69, 9.17) is 9.88 Å². The van der Waals surface area contributed by atoms with Crippen molar-refractivity contribution in [2.24, 2.45) is 5.14 Å². The van der Waals surface area contributed by atoms with Crippen molar-refractivity contribution in [1.82, 2.24) is 4.90 Å². The molecule has 1 atom stereocenters. The normalized spacial score (nSPS) is 19.3. The number of nitrogens with zero attached hydrogens (tertiary/aromatic N) is 1. The summed E-state index contributed by atoms with van der Waals surface area (Å²) in [6.45, 7) is 1.83. The molecular weight excluding hydrogens is 312 g/mol. The average Bonchev–Trinajstić information content (AvgIpc) is 2.91. The first-order valence-corrected chi connectivity index (χ1v) is 9.38. The van der Waals surface area contributed by atoms with E-state index in [1.165, 1.54) is 18.9 Å². The maximum atomic E-state index is 11.5. The summed E-state index contributed by atoms with van der Waals surface area (Å²) in [6.07, 6.45) is 3.49. The molecule has 23 heavy (non-hydrogen) atoms. The monoisotopic (exact) mass is 334 g/mol. The Morgan fingerprint density at radius 3 is 2.70 bits per heavy atom. The predicted molar refractivity (Wildman–Crippen MR) is 91.1 cm³/mol. The molecule has 0 saturated carbocycles. The minimum atomic E-state index is -3.69. The van der Waals surface area contributed by atoms with Gasteiger partial charge < -0.3 is 9.64 Å². The van der Waals surface area contributed by atoms with E-state index in [1.807, 2.05) is 18.2 Å². The number of hydrogen-bond acceptors (Lipinski definition) is 4. The Bertz CT molecular complexity index is 805. The molecule has 1 aliphatic heterocycles. The molecule has 1 unspecified atom stereocenters. The fraction of sp³-hybridized carbons (Fsp3) is 0.412. The van der Waals surface area contributed by atoms with E-state index in [2.05, 4.69) is 11.9 Å². The van der Waals surface area contributed by atoms with Crippen molar-refractivity contribution in [3.63, 3.8) is 0 Å². The highest BCUT2D eigenvalue weighted by Crippen LogP contribution is 2.24. The summed E-state index contributed by atoms with van der Waals surface area (Å²) in [4.78, 5) is 2.50. The van der Waals surface area contributed by atoms with E-state index in [9.17, 15) is 8.42 Å². The molecule has 1 fully saturated rings. The van der Waals surface area contributed by atoms with Gasteiger partial charge in [0.1, 0.15) is 5.75 Å². The zero-order valence-corrected chi connectivity index (χ0v) is 14.1. The number of likely N-dealkylation sites (tertiary alicyclic amines) is 1. The van der Waals surface area contributed by atoms with Gasteiger partial charge in [-0.05, 0) is 67.9 Å². The molecule has 1 heterocycles. The van der Waals surface area contributed by atoms with Crippen molar-refractivity contribution < 1.29 is 13.2 Å². The van der Waals surface area contributed by atoms with E-state index in [0.29, 0.717) is 12.6 Å². The number of hydrogen-bond donors (Lipinski definition) is 1. The molecule has 0 bridgehead atoms. The van der Waals surface area contributed by atoms with Gasteiger partial charge in [0, 0.05) is 6.04 Å². The molecule has 6 heteroatoms. The highest BCUT2D eigenvalue weighted by molar-refractivity contribution is 7.89. The Kier molecular flexibility index (Phi) is 4.57. The molecule has 0 aliphatic carbocycles. The second kappa shape index (κ2) is 6.47. The van der Waals surface area contributed by atoms with Crippen molar-refractivity contribution in [3.8, 4) is 5.75 Å². The van der Waals surface area contributed by atoms with Crippen LogP contribution in [-0.2, 0) is 10.0 Å². The lowest BCUT2D eigenvalue weighted by Gasteiger charge is -2.19. The van der Waals surface area contributed by atoms with Gasteiger partial charge >= 0.3 is 0 Å². The molecule has 0 radical (unpaired) electrons. The Morgan fingerprint density at radius 2 is 2.00 bits per heavy atom. The van der Waals surface area contributed by atoms with Crippen molar-refractivity contribution in [2.75, 3.05) is 20.2 Å². The Labute approximate surface area is 137 Å². The van der Waals surface area contributed by atoms with E-state index in [-0.39, 0.29) is 4.90 Å². The van der Waals surface area contributed by atoms with E-state index in [0.717, 1.165) is 29.5 Å². The molecule has 0 spiro atoms. The lowest BCUT2D eigenvalue weighted by Crippen LogP contribution is -2.26. The second-order valence-corrected chi connectivity index (χ2v) is 7.69. The minimum absolute atomic E-state index is 0.120. The Morgan fingerprint density at radius 1 is 1.22 bits per heavy atom. The van der Waals surface area contributed by atoms with Crippen LogP contribution in [0.25, 0.3) is 10.8 Å². The molecule has 5 nitrogen and oxygen atoms in total. The molecular formula is C17H22N2O3S. The van der Waals surface area contributed by atoms with Crippen LogP contribution in [0.5, 0.6) is 5.75 Å². The van der Waals surface area contributed by atoms with Crippen molar-refractivity contribution >= 4 is 20.8 Å². The van der Waals surface area contributed by atoms with Gasteiger partial charge in [-0.25, -0.2) is 13.6 Å². The highest BCUT2D eigenvalue weighted by Gasteiger charge is 2.20. The number of nitrogens with two attached hydrogens (primary N) is 1. The SMILES string of the molecule is CN1CCCC1CCOc1ccc2ccc(S(N)(=O)=O)cc2c1. The minimum Gasteiger partial charge on any atom is -0.494 e. The third-order valence-electron chi connectivity index (χ3n) is 4.50. The quantitative estimate of drug-likeness (QED) is 0.911. The first-order chi connectivity index (χ1) is 10.9. The summed E-state index contributed by atoms with van der Waals surface area (Å²) in [5.41, 5.74) is 0. The van der Waals surface area contributed by atoms with Crippen LogP contribution in [0.15, 0.2) is 41.3 Å². The first-order valence-electron chi connectivity index (χ1n) is 7.83. The lowest BCUT2D eigenvalue weighted by atomic mass is 10.1. The van der Waals surface area contributed by atoms with Gasteiger partial charge in [0.2, 0.25) is 10.0 Å². The van der Waals surface area contributed by atoms with Crippen LogP contribution in [0.3, 0.4) is 0 Å². The highest BCUT2D eigenvalue weighted by atomic mass is 32.2. The van der Waals surface area contributed by atoms with E-state index < -0.39 is 10.0 Å². The molecule has 2 aromatic carbocycles. The third kappa shape index (κ3) is 3.83. The molecule has 1 saturated heterocycles. The molecule has 0 amide bonds. The van der Waals surface area contributed by atoms with Crippen molar-refractivity contribution in [3.05, 3.63) is 36.4 Å². The van der Waals surface area contributed by atoms with Crippen LogP contribution in [0.4, 0.5) is 0 Å². The van der Waals surface area contributed by atoms with Gasteiger partial charge in [-0.3, -0.25) is 0 Å². The van der Waals surface area contributed by atoms with Gasteiger partial charge in [0.15, 0.2) is 0 Å². The smallest absolute Gasteiger partial charge is 0.238 e. The van der Waals surface area contributed by atoms with Crippen LogP contribution < -0.4 is 9.88 Å². The van der Waals surface area contributed by atoms with Crippen molar-refractivity contribution in [1.29, 1.82) is 0 Å². The molecule has 1 aliphatic rings. The number of benzene rings is 2. The van der Waals surface area contributed by atoms with Gasteiger partial charge in [-0.15, -0.1) is 0 Å². The fourth-order valence-corrected chi connectivity index (χ4v) is 3.68. The molecule has 124 valence electrons. The first kappa shape index (κ1) is 16.2. The maximum Gasteiger partial charge on any atom is 0.238 e. The Hall–Kier alpha value is -1.63. The number of rotatable bonds is 5. The summed E-state index contributed by atoms with van der Waals surface area (Å²) in [5.74, 6) is 0.754. The standard InChI is InChI=1S/C17H22N2O3S/c1-19-9-2-3-15(19)8-10-22-16-6-4-13-5-7-17(23(18,20)21)12-14(13)11-16/h4-7,11-12,15H,2-3,8-10H2,1H3,(H2,18,20,21). The van der Waals surface area contributed by atoms with Crippen LogP contribution in [0, 0.1) is 0 Å². The van der Waals surface area contributed by atoms with Crippen LogP contribution in [0.2, 0.25) is 0 Å². The number of fused-ring (bicyclic) bond motifs is 1.